The molecular formula is C14H20FO4PS. The summed E-state index contributed by atoms with van der Waals surface area (Å²) in [5, 5.41) is 0. The van der Waals surface area contributed by atoms with Gasteiger partial charge in [-0.3, -0.25) is 4.79 Å². The van der Waals surface area contributed by atoms with Crippen molar-refractivity contribution < 1.29 is 22.8 Å². The van der Waals surface area contributed by atoms with Crippen molar-refractivity contribution in [2.75, 3.05) is 19.0 Å². The van der Waals surface area contributed by atoms with Crippen LogP contribution in [0, 0.1) is 5.82 Å². The van der Waals surface area contributed by atoms with E-state index in [0.717, 1.165) is 11.4 Å². The van der Waals surface area contributed by atoms with Gasteiger partial charge in [-0.2, -0.15) is 0 Å². The molecule has 0 saturated heterocycles. The van der Waals surface area contributed by atoms with Crippen molar-refractivity contribution in [2.24, 2.45) is 0 Å². The maximum Gasteiger partial charge on any atom is 0.389 e. The largest absolute Gasteiger partial charge is 0.389 e. The van der Waals surface area contributed by atoms with Gasteiger partial charge in [0.05, 0.1) is 13.2 Å². The Morgan fingerprint density at radius 1 is 1.19 bits per heavy atom. The van der Waals surface area contributed by atoms with Gasteiger partial charge in [0, 0.05) is 17.7 Å². The number of benzene rings is 1. The Kier molecular flexibility index (Phi) is 8.19. The van der Waals surface area contributed by atoms with Gasteiger partial charge in [-0.1, -0.05) is 0 Å². The summed E-state index contributed by atoms with van der Waals surface area (Å²) in [6.07, 6.45) is 0.877. The van der Waals surface area contributed by atoms with E-state index >= 15 is 0 Å². The molecule has 0 aliphatic carbocycles. The fourth-order valence-corrected chi connectivity index (χ4v) is 5.11. The van der Waals surface area contributed by atoms with E-state index in [1.54, 1.807) is 13.8 Å². The zero-order valence-corrected chi connectivity index (χ0v) is 13.9. The molecule has 118 valence electrons. The molecular weight excluding hydrogens is 314 g/mol. The van der Waals surface area contributed by atoms with Gasteiger partial charge in [0.2, 0.25) is 0 Å². The van der Waals surface area contributed by atoms with E-state index in [4.69, 9.17) is 9.05 Å². The Hall–Kier alpha value is -0.680. The number of carbonyl (C=O) groups is 1. The van der Waals surface area contributed by atoms with Crippen LogP contribution < -0.4 is 0 Å². The molecule has 0 spiro atoms. The maximum absolute atomic E-state index is 12.8. The van der Waals surface area contributed by atoms with Crippen LogP contribution in [0.5, 0.6) is 0 Å². The predicted octanol–water partition coefficient (Wildman–Crippen LogP) is 4.70. The summed E-state index contributed by atoms with van der Waals surface area (Å²) >= 11 is 1.11. The van der Waals surface area contributed by atoms with Crippen molar-refractivity contribution in [1.29, 1.82) is 0 Å². The summed E-state index contributed by atoms with van der Waals surface area (Å²) < 4.78 is 35.2. The van der Waals surface area contributed by atoms with Gasteiger partial charge < -0.3 is 9.05 Å². The average molecular weight is 334 g/mol. The molecule has 0 bridgehead atoms. The number of hydrogen-bond donors (Lipinski definition) is 0. The lowest BCUT2D eigenvalue weighted by Crippen LogP contribution is -2.00. The third-order valence-electron chi connectivity index (χ3n) is 2.54. The third-order valence-corrected chi connectivity index (χ3v) is 6.60. The second-order valence-corrected chi connectivity index (χ2v) is 8.34. The van der Waals surface area contributed by atoms with Gasteiger partial charge >= 0.3 is 6.80 Å². The standard InChI is InChI=1S/C14H20FO4PS/c1-3-18-20(17,19-4-2)21-11-5-6-14(16)12-7-9-13(15)10-8-12/h7-10H,3-6,11H2,1-2H3. The second-order valence-electron chi connectivity index (χ2n) is 4.15. The molecule has 0 aromatic heterocycles. The number of ketones is 1. The van der Waals surface area contributed by atoms with Crippen LogP contribution >= 0.6 is 18.2 Å². The van der Waals surface area contributed by atoms with E-state index in [0.29, 0.717) is 37.4 Å². The number of rotatable bonds is 10. The van der Waals surface area contributed by atoms with Gasteiger partial charge in [-0.25, -0.2) is 8.96 Å². The van der Waals surface area contributed by atoms with E-state index in [1.807, 2.05) is 0 Å². The quantitative estimate of drug-likeness (QED) is 0.352. The van der Waals surface area contributed by atoms with Crippen LogP contribution in [0.4, 0.5) is 4.39 Å². The monoisotopic (exact) mass is 334 g/mol. The molecule has 0 heterocycles. The van der Waals surface area contributed by atoms with Crippen LogP contribution in [0.15, 0.2) is 24.3 Å². The van der Waals surface area contributed by atoms with Crippen LogP contribution in [-0.4, -0.2) is 24.7 Å². The highest BCUT2D eigenvalue weighted by Gasteiger charge is 2.24. The van der Waals surface area contributed by atoms with E-state index in [-0.39, 0.29) is 11.6 Å². The van der Waals surface area contributed by atoms with Gasteiger partial charge in [0.15, 0.2) is 5.78 Å². The summed E-state index contributed by atoms with van der Waals surface area (Å²) in [5.74, 6) is 0.0826. The Bertz CT molecular complexity index is 482. The van der Waals surface area contributed by atoms with Crippen molar-refractivity contribution in [1.82, 2.24) is 0 Å². The average Bonchev–Trinajstić information content (AvgIpc) is 2.45. The first-order valence-corrected chi connectivity index (χ1v) is 9.96. The Morgan fingerprint density at radius 3 is 2.29 bits per heavy atom. The molecule has 1 aromatic rings. The maximum atomic E-state index is 12.8. The number of carbonyl (C=O) groups excluding carboxylic acids is 1. The SMILES string of the molecule is CCOP(=O)(OCC)SCCCC(=O)c1ccc(F)cc1. The van der Waals surface area contributed by atoms with E-state index in [9.17, 15) is 13.8 Å². The zero-order valence-electron chi connectivity index (χ0n) is 12.2. The minimum absolute atomic E-state index is 0.0572. The summed E-state index contributed by atoms with van der Waals surface area (Å²) in [6.45, 7) is 1.04. The van der Waals surface area contributed by atoms with Crippen molar-refractivity contribution in [3.05, 3.63) is 35.6 Å². The van der Waals surface area contributed by atoms with Gasteiger partial charge in [0.1, 0.15) is 5.82 Å². The molecule has 0 unspecified atom stereocenters. The summed E-state index contributed by atoms with van der Waals surface area (Å²) in [6, 6.07) is 5.47. The van der Waals surface area contributed by atoms with Crippen molar-refractivity contribution in [3.63, 3.8) is 0 Å². The van der Waals surface area contributed by atoms with E-state index < -0.39 is 6.80 Å². The van der Waals surface area contributed by atoms with Crippen LogP contribution in [0.1, 0.15) is 37.0 Å². The predicted molar refractivity (Wildman–Crippen MR) is 83.3 cm³/mol. The molecule has 7 heteroatoms. The molecule has 0 saturated carbocycles. The van der Waals surface area contributed by atoms with Gasteiger partial charge in [-0.15, -0.1) is 0 Å². The molecule has 0 amide bonds. The smallest absolute Gasteiger partial charge is 0.301 e. The third kappa shape index (κ3) is 6.74. The first-order valence-electron chi connectivity index (χ1n) is 6.83. The molecule has 0 radical (unpaired) electrons. The molecule has 0 N–H and O–H groups in total. The van der Waals surface area contributed by atoms with Crippen LogP contribution in [0.3, 0.4) is 0 Å². The molecule has 4 nitrogen and oxygen atoms in total. The second kappa shape index (κ2) is 9.36. The number of hydrogen-bond acceptors (Lipinski definition) is 5. The van der Waals surface area contributed by atoms with E-state index in [2.05, 4.69) is 0 Å². The van der Waals surface area contributed by atoms with Crippen molar-refractivity contribution in [3.8, 4) is 0 Å². The number of Topliss-reactive ketones (excluding diaryl/α,β-unsaturated/α-hetero) is 1. The van der Waals surface area contributed by atoms with Crippen LogP contribution in [-0.2, 0) is 13.6 Å². The fourth-order valence-electron chi connectivity index (χ4n) is 1.62. The number of halogens is 1. The Balaban J connectivity index is 2.37. The zero-order chi connectivity index (χ0) is 15.7. The topological polar surface area (TPSA) is 52.6 Å². The van der Waals surface area contributed by atoms with Gasteiger partial charge in [0.25, 0.3) is 0 Å². The first kappa shape index (κ1) is 18.4. The molecule has 21 heavy (non-hydrogen) atoms. The summed E-state index contributed by atoms with van der Waals surface area (Å²) in [7, 11) is 0. The van der Waals surface area contributed by atoms with Crippen LogP contribution in [0.2, 0.25) is 0 Å². The molecule has 1 aromatic carbocycles. The lowest BCUT2D eigenvalue weighted by molar-refractivity contribution is 0.0982. The summed E-state index contributed by atoms with van der Waals surface area (Å²) in [5.41, 5.74) is 0.485. The highest BCUT2D eigenvalue weighted by Crippen LogP contribution is 2.60. The highest BCUT2D eigenvalue weighted by molar-refractivity contribution is 8.55. The lowest BCUT2D eigenvalue weighted by Gasteiger charge is -2.15. The highest BCUT2D eigenvalue weighted by atomic mass is 32.7. The van der Waals surface area contributed by atoms with Crippen molar-refractivity contribution in [2.45, 2.75) is 26.7 Å². The fraction of sp³-hybridized carbons (Fsp3) is 0.500. The molecule has 0 aliphatic heterocycles. The minimum Gasteiger partial charge on any atom is -0.301 e. The van der Waals surface area contributed by atoms with Gasteiger partial charge in [-0.05, 0) is 55.9 Å². The molecule has 0 fully saturated rings. The molecule has 0 aliphatic rings. The van der Waals surface area contributed by atoms with E-state index in [1.165, 1.54) is 24.3 Å². The normalized spacial score (nSPS) is 11.6. The Labute approximate surface area is 128 Å². The Morgan fingerprint density at radius 2 is 1.76 bits per heavy atom. The molecule has 1 rings (SSSR count). The van der Waals surface area contributed by atoms with Crippen molar-refractivity contribution >= 4 is 24.0 Å². The first-order chi connectivity index (χ1) is 10.0. The lowest BCUT2D eigenvalue weighted by atomic mass is 10.1. The van der Waals surface area contributed by atoms with Crippen LogP contribution in [0.25, 0.3) is 0 Å². The molecule has 0 atom stereocenters. The minimum atomic E-state index is -3.10. The summed E-state index contributed by atoms with van der Waals surface area (Å²) in [4.78, 5) is 11.9.